The number of alkyl halides is 3. The van der Waals surface area contributed by atoms with Gasteiger partial charge in [0.15, 0.2) is 23.3 Å². The highest BCUT2D eigenvalue weighted by Crippen LogP contribution is 2.38. The predicted octanol–water partition coefficient (Wildman–Crippen LogP) is 6.42. The summed E-state index contributed by atoms with van der Waals surface area (Å²) in [5.74, 6) is -11.6. The fourth-order valence-corrected chi connectivity index (χ4v) is 3.17. The lowest BCUT2D eigenvalue weighted by atomic mass is 9.88. The van der Waals surface area contributed by atoms with Crippen LogP contribution in [0, 0.1) is 23.3 Å². The fraction of sp³-hybridized carbons (Fsp3) is 0.136. The number of hydrogen-bond donors (Lipinski definition) is 1. The molecular weight excluding hydrogens is 427 g/mol. The van der Waals surface area contributed by atoms with Gasteiger partial charge in [0.2, 0.25) is 5.91 Å². The molecule has 0 atom stereocenters. The number of benzene rings is 3. The van der Waals surface area contributed by atoms with Gasteiger partial charge in [-0.1, -0.05) is 60.7 Å². The fourth-order valence-electron chi connectivity index (χ4n) is 3.17. The van der Waals surface area contributed by atoms with Gasteiger partial charge in [0.05, 0.1) is 0 Å². The molecule has 0 fully saturated rings. The number of halogens is 7. The molecule has 3 rings (SSSR count). The second-order valence-electron chi connectivity index (χ2n) is 6.63. The van der Waals surface area contributed by atoms with E-state index in [0.29, 0.717) is 11.1 Å². The van der Waals surface area contributed by atoms with Crippen LogP contribution in [-0.2, 0) is 11.0 Å². The summed E-state index contributed by atoms with van der Waals surface area (Å²) in [6.45, 7) is 0. The number of rotatable bonds is 5. The number of nitrogens with one attached hydrogen (secondary N) is 1. The van der Waals surface area contributed by atoms with Gasteiger partial charge >= 0.3 is 6.18 Å². The molecule has 0 heterocycles. The van der Waals surface area contributed by atoms with Gasteiger partial charge in [0.1, 0.15) is 11.3 Å². The molecule has 2 nitrogen and oxygen atoms in total. The molecular formula is C22H14F7NO. The van der Waals surface area contributed by atoms with Crippen molar-refractivity contribution in [3.63, 3.8) is 0 Å². The van der Waals surface area contributed by atoms with E-state index in [2.05, 4.69) is 0 Å². The molecule has 3 aromatic rings. The monoisotopic (exact) mass is 441 g/mol. The van der Waals surface area contributed by atoms with E-state index in [1.54, 1.807) is 66.0 Å². The van der Waals surface area contributed by atoms with E-state index in [1.807, 2.05) is 0 Å². The Balaban J connectivity index is 1.94. The summed E-state index contributed by atoms with van der Waals surface area (Å²) >= 11 is 0. The molecule has 3 aromatic carbocycles. The second-order valence-corrected chi connectivity index (χ2v) is 6.63. The average Bonchev–Trinajstić information content (AvgIpc) is 2.74. The zero-order valence-corrected chi connectivity index (χ0v) is 15.6. The Kier molecular flexibility index (Phi) is 6.33. The Morgan fingerprint density at radius 2 is 1.16 bits per heavy atom. The highest BCUT2D eigenvalue weighted by atomic mass is 19.4. The Labute approximate surface area is 172 Å². The molecule has 0 aromatic heterocycles. The molecule has 0 radical (unpaired) electrons. The van der Waals surface area contributed by atoms with E-state index in [9.17, 15) is 35.5 Å². The van der Waals surface area contributed by atoms with Crippen molar-refractivity contribution in [1.82, 2.24) is 0 Å². The molecule has 0 aliphatic carbocycles. The Bertz CT molecular complexity index is 1010. The zero-order chi connectivity index (χ0) is 22.8. The first-order chi connectivity index (χ1) is 14.6. The van der Waals surface area contributed by atoms with Crippen molar-refractivity contribution in [3.8, 4) is 0 Å². The molecule has 0 aliphatic heterocycles. The maximum absolute atomic E-state index is 14.1. The van der Waals surface area contributed by atoms with E-state index >= 15 is 0 Å². The minimum absolute atomic E-state index is 0.392. The molecule has 0 unspecified atom stereocenters. The number of amides is 1. The van der Waals surface area contributed by atoms with Crippen LogP contribution in [0.2, 0.25) is 0 Å². The largest absolute Gasteiger partial charge is 0.422 e. The lowest BCUT2D eigenvalue weighted by Crippen LogP contribution is -2.21. The van der Waals surface area contributed by atoms with Crippen LogP contribution in [0.25, 0.3) is 0 Å². The molecule has 9 heteroatoms. The maximum atomic E-state index is 14.1. The van der Waals surface area contributed by atoms with Gasteiger partial charge in [0.25, 0.3) is 0 Å². The van der Waals surface area contributed by atoms with Crippen LogP contribution in [-0.4, -0.2) is 5.91 Å². The number of carbonyl (C=O) groups excluding carboxylic acids is 1. The van der Waals surface area contributed by atoms with Crippen molar-refractivity contribution in [1.29, 1.82) is 0 Å². The van der Waals surface area contributed by atoms with Crippen LogP contribution in [0.4, 0.5) is 36.4 Å². The first-order valence-electron chi connectivity index (χ1n) is 8.94. The van der Waals surface area contributed by atoms with Crippen molar-refractivity contribution in [2.75, 3.05) is 5.32 Å². The summed E-state index contributed by atoms with van der Waals surface area (Å²) in [6, 6.07) is 17.2. The Morgan fingerprint density at radius 1 is 0.742 bits per heavy atom. The SMILES string of the molecule is O=C(CC(c1ccccc1)c1ccccc1)Nc1c(F)c(F)c(C(F)(F)F)c(F)c1F. The van der Waals surface area contributed by atoms with Crippen LogP contribution in [0.3, 0.4) is 0 Å². The topological polar surface area (TPSA) is 29.1 Å². The normalized spacial score (nSPS) is 11.6. The predicted molar refractivity (Wildman–Crippen MR) is 99.2 cm³/mol. The quantitative estimate of drug-likeness (QED) is 0.359. The van der Waals surface area contributed by atoms with Crippen molar-refractivity contribution in [2.24, 2.45) is 0 Å². The summed E-state index contributed by atoms with van der Waals surface area (Å²) in [4.78, 5) is 12.5. The van der Waals surface area contributed by atoms with Gasteiger partial charge in [-0.3, -0.25) is 4.79 Å². The van der Waals surface area contributed by atoms with Crippen molar-refractivity contribution < 1.29 is 35.5 Å². The first-order valence-corrected chi connectivity index (χ1v) is 8.94. The number of hydrogen-bond acceptors (Lipinski definition) is 1. The molecule has 0 saturated heterocycles. The van der Waals surface area contributed by atoms with E-state index in [0.717, 1.165) is 0 Å². The molecule has 1 N–H and O–H groups in total. The van der Waals surface area contributed by atoms with Gasteiger partial charge in [-0.15, -0.1) is 0 Å². The molecule has 1 amide bonds. The van der Waals surface area contributed by atoms with E-state index in [-0.39, 0.29) is 0 Å². The summed E-state index contributed by atoms with van der Waals surface area (Å²) in [6.07, 6.45) is -6.05. The van der Waals surface area contributed by atoms with E-state index in [1.165, 1.54) is 0 Å². The highest BCUT2D eigenvalue weighted by Gasteiger charge is 2.42. The smallest absolute Gasteiger partial charge is 0.321 e. The van der Waals surface area contributed by atoms with Gasteiger partial charge < -0.3 is 5.32 Å². The average molecular weight is 441 g/mol. The van der Waals surface area contributed by atoms with Gasteiger partial charge in [-0.05, 0) is 11.1 Å². The van der Waals surface area contributed by atoms with Crippen LogP contribution < -0.4 is 5.32 Å². The minimum atomic E-state index is -5.66. The van der Waals surface area contributed by atoms with Crippen LogP contribution >= 0.6 is 0 Å². The summed E-state index contributed by atoms with van der Waals surface area (Å²) in [5, 5.41) is 1.67. The van der Waals surface area contributed by atoms with Crippen LogP contribution in [0.15, 0.2) is 60.7 Å². The zero-order valence-electron chi connectivity index (χ0n) is 15.6. The summed E-state index contributed by atoms with van der Waals surface area (Å²) in [5.41, 5.74) is -2.97. The lowest BCUT2D eigenvalue weighted by molar-refractivity contribution is -0.143. The molecule has 0 aliphatic rings. The third-order valence-electron chi connectivity index (χ3n) is 4.60. The van der Waals surface area contributed by atoms with Crippen molar-refractivity contribution in [2.45, 2.75) is 18.5 Å². The Hall–Kier alpha value is -3.36. The second kappa shape index (κ2) is 8.79. The van der Waals surface area contributed by atoms with E-state index < -0.39 is 58.9 Å². The lowest BCUT2D eigenvalue weighted by Gasteiger charge is -2.19. The summed E-state index contributed by atoms with van der Waals surface area (Å²) in [7, 11) is 0. The third kappa shape index (κ3) is 4.70. The Morgan fingerprint density at radius 3 is 1.55 bits per heavy atom. The number of anilines is 1. The van der Waals surface area contributed by atoms with E-state index in [4.69, 9.17) is 0 Å². The highest BCUT2D eigenvalue weighted by molar-refractivity contribution is 5.92. The molecule has 31 heavy (non-hydrogen) atoms. The van der Waals surface area contributed by atoms with Gasteiger partial charge in [-0.2, -0.15) is 13.2 Å². The molecule has 0 spiro atoms. The third-order valence-corrected chi connectivity index (χ3v) is 4.60. The van der Waals surface area contributed by atoms with Crippen molar-refractivity contribution in [3.05, 3.63) is 101 Å². The van der Waals surface area contributed by atoms with Crippen LogP contribution in [0.1, 0.15) is 29.0 Å². The molecule has 162 valence electrons. The summed E-state index contributed by atoms with van der Waals surface area (Å²) < 4.78 is 93.9. The first kappa shape index (κ1) is 22.3. The minimum Gasteiger partial charge on any atom is -0.321 e. The molecule has 0 saturated carbocycles. The van der Waals surface area contributed by atoms with Crippen LogP contribution in [0.5, 0.6) is 0 Å². The van der Waals surface area contributed by atoms with Gasteiger partial charge in [0, 0.05) is 12.3 Å². The molecule has 0 bridgehead atoms. The van der Waals surface area contributed by atoms with Gasteiger partial charge in [-0.25, -0.2) is 17.6 Å². The van der Waals surface area contributed by atoms with Crippen molar-refractivity contribution >= 4 is 11.6 Å². The number of carbonyl (C=O) groups is 1. The maximum Gasteiger partial charge on any atom is 0.422 e. The standard InChI is InChI=1S/C22H14F7NO/c23-17-16(22(27,28)29)18(24)20(26)21(19(17)25)30-15(31)11-14(12-7-3-1-4-8-12)13-9-5-2-6-10-13/h1-10,14H,11H2,(H,30,31).